The molecular formula is C24H20ClN5OS. The van der Waals surface area contributed by atoms with Crippen LogP contribution >= 0.6 is 23.4 Å². The van der Waals surface area contributed by atoms with E-state index in [-0.39, 0.29) is 11.7 Å². The summed E-state index contributed by atoms with van der Waals surface area (Å²) >= 11 is 7.36. The lowest BCUT2D eigenvalue weighted by atomic mass is 10.1. The summed E-state index contributed by atoms with van der Waals surface area (Å²) in [6, 6.07) is 26.9. The van der Waals surface area contributed by atoms with Crippen molar-refractivity contribution in [1.82, 2.24) is 20.2 Å². The van der Waals surface area contributed by atoms with Gasteiger partial charge in [-0.1, -0.05) is 84.0 Å². The number of hydrazone groups is 1. The number of amides is 1. The van der Waals surface area contributed by atoms with Crippen LogP contribution in [0.25, 0.3) is 17.1 Å². The Hall–Kier alpha value is -3.42. The van der Waals surface area contributed by atoms with Crippen LogP contribution in [0.15, 0.2) is 95.2 Å². The van der Waals surface area contributed by atoms with Crippen LogP contribution in [0.5, 0.6) is 0 Å². The van der Waals surface area contributed by atoms with Gasteiger partial charge in [-0.3, -0.25) is 9.36 Å². The second-order valence-electron chi connectivity index (χ2n) is 6.87. The number of aromatic nitrogens is 3. The topological polar surface area (TPSA) is 72.2 Å². The number of halogens is 1. The molecule has 0 atom stereocenters. The number of hydrogen-bond acceptors (Lipinski definition) is 5. The highest BCUT2D eigenvalue weighted by Crippen LogP contribution is 2.28. The molecule has 1 aromatic heterocycles. The average Bonchev–Trinajstić information content (AvgIpc) is 3.27. The molecular weight excluding hydrogens is 442 g/mol. The van der Waals surface area contributed by atoms with Crippen LogP contribution < -0.4 is 5.43 Å². The molecule has 0 saturated heterocycles. The molecule has 4 rings (SSSR count). The second kappa shape index (κ2) is 10.3. The van der Waals surface area contributed by atoms with Crippen molar-refractivity contribution in [3.63, 3.8) is 0 Å². The highest BCUT2D eigenvalue weighted by atomic mass is 35.5. The lowest BCUT2D eigenvalue weighted by Crippen LogP contribution is -2.21. The molecule has 0 radical (unpaired) electrons. The predicted octanol–water partition coefficient (Wildman–Crippen LogP) is 5.22. The van der Waals surface area contributed by atoms with Crippen LogP contribution in [0.2, 0.25) is 5.02 Å². The van der Waals surface area contributed by atoms with Crippen molar-refractivity contribution in [2.45, 2.75) is 12.1 Å². The normalized spacial score (nSPS) is 11.4. The van der Waals surface area contributed by atoms with Crippen molar-refractivity contribution in [2.75, 3.05) is 5.75 Å². The van der Waals surface area contributed by atoms with Gasteiger partial charge in [0.2, 0.25) is 0 Å². The van der Waals surface area contributed by atoms with Gasteiger partial charge in [-0.05, 0) is 36.8 Å². The zero-order valence-electron chi connectivity index (χ0n) is 17.3. The third-order valence-corrected chi connectivity index (χ3v) is 5.80. The van der Waals surface area contributed by atoms with Crippen LogP contribution in [0.4, 0.5) is 0 Å². The van der Waals surface area contributed by atoms with Crippen molar-refractivity contribution in [3.05, 3.63) is 95.5 Å². The Morgan fingerprint density at radius 2 is 1.62 bits per heavy atom. The summed E-state index contributed by atoms with van der Waals surface area (Å²) in [5, 5.41) is 14.2. The molecule has 160 valence electrons. The van der Waals surface area contributed by atoms with E-state index in [1.165, 1.54) is 11.8 Å². The Kier molecular flexibility index (Phi) is 6.99. The fourth-order valence-electron chi connectivity index (χ4n) is 3.01. The first kappa shape index (κ1) is 21.8. The van der Waals surface area contributed by atoms with E-state index in [0.29, 0.717) is 16.0 Å². The van der Waals surface area contributed by atoms with Gasteiger partial charge >= 0.3 is 0 Å². The molecule has 0 bridgehead atoms. The largest absolute Gasteiger partial charge is 0.272 e. The van der Waals surface area contributed by atoms with Gasteiger partial charge in [-0.15, -0.1) is 10.2 Å². The first-order valence-electron chi connectivity index (χ1n) is 9.90. The SMILES string of the molecule is CC(=NNC(=O)CSc1nnc(-c2ccccc2)n1-c1ccc(Cl)cc1)c1ccccc1. The van der Waals surface area contributed by atoms with E-state index in [2.05, 4.69) is 20.7 Å². The van der Waals surface area contributed by atoms with E-state index >= 15 is 0 Å². The zero-order valence-corrected chi connectivity index (χ0v) is 18.8. The van der Waals surface area contributed by atoms with Gasteiger partial charge in [-0.25, -0.2) is 5.43 Å². The molecule has 0 aliphatic carbocycles. The summed E-state index contributed by atoms with van der Waals surface area (Å²) in [5.41, 5.74) is 6.09. The van der Waals surface area contributed by atoms with Gasteiger partial charge in [-0.2, -0.15) is 5.10 Å². The number of benzene rings is 3. The third-order valence-electron chi connectivity index (χ3n) is 4.62. The second-order valence-corrected chi connectivity index (χ2v) is 8.25. The number of nitrogens with zero attached hydrogens (tertiary/aromatic N) is 4. The molecule has 0 unspecified atom stereocenters. The lowest BCUT2D eigenvalue weighted by Gasteiger charge is -2.10. The van der Waals surface area contributed by atoms with Gasteiger partial charge in [0.1, 0.15) is 0 Å². The van der Waals surface area contributed by atoms with Crippen molar-refractivity contribution >= 4 is 35.0 Å². The van der Waals surface area contributed by atoms with E-state index in [1.54, 1.807) is 0 Å². The molecule has 4 aromatic rings. The van der Waals surface area contributed by atoms with E-state index in [0.717, 1.165) is 22.5 Å². The molecule has 0 saturated carbocycles. The molecule has 32 heavy (non-hydrogen) atoms. The summed E-state index contributed by atoms with van der Waals surface area (Å²) in [4.78, 5) is 12.4. The molecule has 0 aliphatic heterocycles. The minimum Gasteiger partial charge on any atom is -0.272 e. The molecule has 8 heteroatoms. The molecule has 0 aliphatic rings. The fourth-order valence-corrected chi connectivity index (χ4v) is 3.88. The van der Waals surface area contributed by atoms with Crippen LogP contribution in [-0.4, -0.2) is 32.1 Å². The molecule has 1 N–H and O–H groups in total. The van der Waals surface area contributed by atoms with Gasteiger partial charge in [0.15, 0.2) is 11.0 Å². The Balaban J connectivity index is 1.53. The fraction of sp³-hybridized carbons (Fsp3) is 0.0833. The highest BCUT2D eigenvalue weighted by Gasteiger charge is 2.17. The minimum absolute atomic E-state index is 0.145. The average molecular weight is 462 g/mol. The van der Waals surface area contributed by atoms with E-state index in [4.69, 9.17) is 11.6 Å². The molecule has 0 spiro atoms. The number of carbonyl (C=O) groups excluding carboxylic acids is 1. The molecule has 1 heterocycles. The standard InChI is InChI=1S/C24H20ClN5OS/c1-17(18-8-4-2-5-9-18)26-27-22(31)16-32-24-29-28-23(19-10-6-3-7-11-19)30(24)21-14-12-20(25)13-15-21/h2-15H,16H2,1H3,(H,27,31). The van der Waals surface area contributed by atoms with E-state index < -0.39 is 0 Å². The zero-order chi connectivity index (χ0) is 22.3. The van der Waals surface area contributed by atoms with Crippen molar-refractivity contribution in [1.29, 1.82) is 0 Å². The Labute approximate surface area is 195 Å². The lowest BCUT2D eigenvalue weighted by molar-refractivity contribution is -0.118. The molecule has 3 aromatic carbocycles. The highest BCUT2D eigenvalue weighted by molar-refractivity contribution is 7.99. The van der Waals surface area contributed by atoms with E-state index in [9.17, 15) is 4.79 Å². The number of carbonyl (C=O) groups is 1. The van der Waals surface area contributed by atoms with Crippen LogP contribution in [0.3, 0.4) is 0 Å². The summed E-state index contributed by atoms with van der Waals surface area (Å²) in [6.45, 7) is 1.85. The monoisotopic (exact) mass is 461 g/mol. The van der Waals surface area contributed by atoms with Crippen molar-refractivity contribution < 1.29 is 4.79 Å². The first-order valence-corrected chi connectivity index (χ1v) is 11.3. The van der Waals surface area contributed by atoms with Crippen LogP contribution in [0, 0.1) is 0 Å². The van der Waals surface area contributed by atoms with Gasteiger partial charge in [0.05, 0.1) is 11.5 Å². The van der Waals surface area contributed by atoms with Gasteiger partial charge in [0, 0.05) is 16.3 Å². The maximum Gasteiger partial charge on any atom is 0.250 e. The summed E-state index contributed by atoms with van der Waals surface area (Å²) in [7, 11) is 0. The Bertz CT molecular complexity index is 1220. The maximum atomic E-state index is 12.4. The van der Waals surface area contributed by atoms with Crippen molar-refractivity contribution in [2.24, 2.45) is 5.10 Å². The summed E-state index contributed by atoms with van der Waals surface area (Å²) in [6.07, 6.45) is 0. The number of nitrogens with one attached hydrogen (secondary N) is 1. The van der Waals surface area contributed by atoms with Crippen molar-refractivity contribution in [3.8, 4) is 17.1 Å². The number of hydrogen-bond donors (Lipinski definition) is 1. The molecule has 6 nitrogen and oxygen atoms in total. The number of rotatable bonds is 7. The summed E-state index contributed by atoms with van der Waals surface area (Å²) < 4.78 is 1.92. The predicted molar refractivity (Wildman–Crippen MR) is 129 cm³/mol. The maximum absolute atomic E-state index is 12.4. The number of thioether (sulfide) groups is 1. The van der Waals surface area contributed by atoms with Gasteiger partial charge in [0.25, 0.3) is 5.91 Å². The van der Waals surface area contributed by atoms with Gasteiger partial charge < -0.3 is 0 Å². The molecule has 1 amide bonds. The van der Waals surface area contributed by atoms with Crippen LogP contribution in [0.1, 0.15) is 12.5 Å². The first-order chi connectivity index (χ1) is 15.6. The Morgan fingerprint density at radius 1 is 0.969 bits per heavy atom. The third kappa shape index (κ3) is 5.25. The molecule has 0 fully saturated rings. The Morgan fingerprint density at radius 3 is 2.31 bits per heavy atom. The minimum atomic E-state index is -0.225. The summed E-state index contributed by atoms with van der Waals surface area (Å²) in [5.74, 6) is 0.609. The van der Waals surface area contributed by atoms with Crippen LogP contribution in [-0.2, 0) is 4.79 Å². The smallest absolute Gasteiger partial charge is 0.250 e. The van der Waals surface area contributed by atoms with E-state index in [1.807, 2.05) is 96.4 Å². The quantitative estimate of drug-likeness (QED) is 0.232.